The van der Waals surface area contributed by atoms with Crippen molar-refractivity contribution in [2.75, 3.05) is 27.3 Å². The summed E-state index contributed by atoms with van der Waals surface area (Å²) in [5.41, 5.74) is 11.2. The summed E-state index contributed by atoms with van der Waals surface area (Å²) in [6.07, 6.45) is 21.3. The number of alkyl carbamates (subject to hydrolysis) is 2. The number of methoxy groups -OCH3 is 2. The fourth-order valence-corrected chi connectivity index (χ4v) is 10.7. The van der Waals surface area contributed by atoms with Gasteiger partial charge in [-0.15, -0.1) is 0 Å². The van der Waals surface area contributed by atoms with Gasteiger partial charge in [-0.2, -0.15) is 0 Å². The molecular formula is C60H80N8O6. The van der Waals surface area contributed by atoms with Crippen LogP contribution in [0.5, 0.6) is 0 Å². The Balaban J connectivity index is 1.05. The van der Waals surface area contributed by atoms with Crippen molar-refractivity contribution in [3.05, 3.63) is 119 Å². The average Bonchev–Trinajstić information content (AvgIpc) is 4.13. The number of hydrogen-bond acceptors (Lipinski definition) is 8. The second-order valence-corrected chi connectivity index (χ2v) is 21.2. The van der Waals surface area contributed by atoms with E-state index in [1.54, 1.807) is 0 Å². The zero-order valence-electron chi connectivity index (χ0n) is 45.4. The van der Waals surface area contributed by atoms with Crippen molar-refractivity contribution < 1.29 is 28.7 Å². The van der Waals surface area contributed by atoms with Gasteiger partial charge in [0.1, 0.15) is 23.7 Å². The highest BCUT2D eigenvalue weighted by Gasteiger charge is 2.38. The van der Waals surface area contributed by atoms with Crippen LogP contribution in [0.15, 0.2) is 96.4 Å². The highest BCUT2D eigenvalue weighted by molar-refractivity contribution is 5.87. The van der Waals surface area contributed by atoms with E-state index in [0.717, 1.165) is 98.4 Å². The normalized spacial score (nSPS) is 23.2. The number of likely N-dealkylation sites (tertiary alicyclic amines) is 2. The second-order valence-electron chi connectivity index (χ2n) is 21.2. The first-order valence-electron chi connectivity index (χ1n) is 27.0. The topological polar surface area (TPSA) is 175 Å². The Bertz CT molecular complexity index is 2690. The van der Waals surface area contributed by atoms with Crippen LogP contribution in [-0.4, -0.2) is 93.1 Å². The van der Waals surface area contributed by atoms with E-state index >= 15 is 0 Å². The van der Waals surface area contributed by atoms with Crippen molar-refractivity contribution in [2.24, 2.45) is 23.7 Å². The monoisotopic (exact) mass is 1010 g/mol. The molecule has 4 heterocycles. The molecule has 2 aliphatic heterocycles. The molecule has 0 unspecified atom stereocenters. The van der Waals surface area contributed by atoms with Gasteiger partial charge in [0.25, 0.3) is 0 Å². The molecule has 4 aromatic rings. The van der Waals surface area contributed by atoms with Crippen molar-refractivity contribution >= 4 is 35.1 Å². The van der Waals surface area contributed by atoms with E-state index < -0.39 is 24.3 Å². The standard InChI is InChI=1S/C60H80N8O6/c1-11-42-21-23-43(41(8)44-24-28-46(29-25-44)49-35-61-55(63-49)51-16-12-14-32-67(51)57(69)53(37(2)3)65-59(71)73-9)22-19-39(6)18-20-40(7)48(34-42)45-26-30-47(31-27-45)50-36-62-56(64-50)52-17-13-15-33-68(52)58(70)54(38(4)5)66-60(72)74-10/h11,19,22,24-31,34-40,51-54H,12-18,20-21,23,32-33H2,1-10H3,(H,61,63)(H,62,64)(H,65,71)(H,66,72)/b22-19-,42-11-,43-41-,48-34+/t39-,40-,51+,52+,53+,54+/m1/s1. The number of nitrogens with zero attached hydrogens (tertiary/aromatic N) is 4. The lowest BCUT2D eigenvalue weighted by atomic mass is 9.84. The average molecular weight is 1010 g/mol. The fraction of sp³-hybridized carbons (Fsp3) is 0.500. The number of hydrogen-bond donors (Lipinski definition) is 4. The molecule has 1 aliphatic carbocycles. The summed E-state index contributed by atoms with van der Waals surface area (Å²) >= 11 is 0. The predicted molar refractivity (Wildman–Crippen MR) is 293 cm³/mol. The number of ether oxygens (including phenoxy) is 2. The summed E-state index contributed by atoms with van der Waals surface area (Å²) in [7, 11) is 2.62. The van der Waals surface area contributed by atoms with E-state index in [2.05, 4.69) is 121 Å². The van der Waals surface area contributed by atoms with Crippen molar-refractivity contribution in [3.63, 3.8) is 0 Å². The van der Waals surface area contributed by atoms with Crippen LogP contribution in [0.4, 0.5) is 9.59 Å². The quantitative estimate of drug-likeness (QED) is 0.108. The third kappa shape index (κ3) is 13.3. The summed E-state index contributed by atoms with van der Waals surface area (Å²) in [4.78, 5) is 72.7. The van der Waals surface area contributed by atoms with Gasteiger partial charge in [0.15, 0.2) is 0 Å². The van der Waals surface area contributed by atoms with Gasteiger partial charge in [-0.05, 0) is 130 Å². The maximum absolute atomic E-state index is 13.9. The van der Waals surface area contributed by atoms with E-state index in [9.17, 15) is 19.2 Å². The van der Waals surface area contributed by atoms with Crippen LogP contribution in [0.3, 0.4) is 0 Å². The number of allylic oxidation sites excluding steroid dienone is 8. The lowest BCUT2D eigenvalue weighted by Crippen LogP contribution is -2.53. The number of rotatable bonds is 12. The zero-order valence-corrected chi connectivity index (χ0v) is 45.4. The van der Waals surface area contributed by atoms with Crippen LogP contribution in [-0.2, 0) is 19.1 Å². The van der Waals surface area contributed by atoms with Gasteiger partial charge < -0.3 is 39.9 Å². The molecule has 3 aliphatic rings. The van der Waals surface area contributed by atoms with E-state index in [4.69, 9.17) is 19.4 Å². The fourth-order valence-electron chi connectivity index (χ4n) is 10.7. The minimum Gasteiger partial charge on any atom is -0.453 e. The number of carbonyl (C=O) groups excluding carboxylic acids is 4. The Morgan fingerprint density at radius 3 is 1.64 bits per heavy atom. The summed E-state index contributed by atoms with van der Waals surface area (Å²) in [6.45, 7) is 17.9. The smallest absolute Gasteiger partial charge is 0.407 e. The molecular weight excluding hydrogens is 929 g/mol. The largest absolute Gasteiger partial charge is 0.453 e. The van der Waals surface area contributed by atoms with Gasteiger partial charge in [-0.25, -0.2) is 19.6 Å². The van der Waals surface area contributed by atoms with Gasteiger partial charge in [-0.1, -0.05) is 120 Å². The van der Waals surface area contributed by atoms with Crippen molar-refractivity contribution in [1.29, 1.82) is 0 Å². The third-order valence-corrected chi connectivity index (χ3v) is 15.4. The molecule has 0 bridgehead atoms. The molecule has 2 fully saturated rings. The summed E-state index contributed by atoms with van der Waals surface area (Å²) in [6, 6.07) is 15.6. The summed E-state index contributed by atoms with van der Waals surface area (Å²) < 4.78 is 9.67. The number of aromatic nitrogens is 4. The van der Waals surface area contributed by atoms with Crippen LogP contribution >= 0.6 is 0 Å². The highest BCUT2D eigenvalue weighted by Crippen LogP contribution is 2.37. The van der Waals surface area contributed by atoms with Crippen LogP contribution in [0, 0.1) is 23.7 Å². The Morgan fingerprint density at radius 2 is 1.16 bits per heavy atom. The zero-order chi connectivity index (χ0) is 53.1. The minimum absolute atomic E-state index is 0.107. The number of H-pyrrole nitrogens is 2. The number of imidazole rings is 2. The molecule has 14 heteroatoms. The summed E-state index contributed by atoms with van der Waals surface area (Å²) in [5.74, 6) is 1.80. The van der Waals surface area contributed by atoms with Gasteiger partial charge >= 0.3 is 12.2 Å². The van der Waals surface area contributed by atoms with Crippen molar-refractivity contribution in [2.45, 2.75) is 144 Å². The number of benzene rings is 2. The van der Waals surface area contributed by atoms with Crippen molar-refractivity contribution in [1.82, 2.24) is 40.4 Å². The van der Waals surface area contributed by atoms with Crippen LogP contribution in [0.25, 0.3) is 33.7 Å². The SMILES string of the molecule is C/C=C1\C=C(\c2ccc(-c3c[nH]c([C@@H]4CCCCN4C(=O)[C@@H](NC(=O)OC)C(C)C)n3)cc2)[C@H](C)CC[C@@H](C)/C=C\C(=C(/C)c2ccc(-c3c[nH]c([C@@H]4CCCCN4C(=O)[C@@H](NC(=O)OC)C(C)C)n3)cc2)CC1. The van der Waals surface area contributed by atoms with Gasteiger partial charge in [-0.3, -0.25) is 9.59 Å². The molecule has 7 rings (SSSR count). The van der Waals surface area contributed by atoms with Crippen LogP contribution in [0.1, 0.15) is 154 Å². The lowest BCUT2D eigenvalue weighted by Gasteiger charge is -2.37. The number of amides is 4. The van der Waals surface area contributed by atoms with Gasteiger partial charge in [0, 0.05) is 36.6 Å². The van der Waals surface area contributed by atoms with E-state index in [1.807, 2.05) is 49.9 Å². The highest BCUT2D eigenvalue weighted by atomic mass is 16.5. The Labute approximate surface area is 439 Å². The molecule has 4 N–H and O–H groups in total. The van der Waals surface area contributed by atoms with E-state index in [1.165, 1.54) is 47.6 Å². The lowest BCUT2D eigenvalue weighted by molar-refractivity contribution is -0.139. The van der Waals surface area contributed by atoms with E-state index in [0.29, 0.717) is 24.9 Å². The maximum atomic E-state index is 13.9. The molecule has 2 aromatic heterocycles. The molecule has 6 atom stereocenters. The molecule has 74 heavy (non-hydrogen) atoms. The number of piperidine rings is 2. The molecule has 4 amide bonds. The van der Waals surface area contributed by atoms with Crippen LogP contribution < -0.4 is 10.6 Å². The predicted octanol–water partition coefficient (Wildman–Crippen LogP) is 12.5. The first kappa shape index (κ1) is 55.1. The molecule has 396 valence electrons. The Kier molecular flexibility index (Phi) is 19.0. The maximum Gasteiger partial charge on any atom is 0.407 e. The first-order valence-corrected chi connectivity index (χ1v) is 27.0. The molecule has 2 saturated heterocycles. The Hall–Kier alpha value is -6.70. The molecule has 0 spiro atoms. The minimum atomic E-state index is -0.691. The molecule has 0 radical (unpaired) electrons. The first-order chi connectivity index (χ1) is 35.6. The van der Waals surface area contributed by atoms with Crippen LogP contribution in [0.2, 0.25) is 0 Å². The molecule has 0 saturated carbocycles. The summed E-state index contributed by atoms with van der Waals surface area (Å²) in [5, 5.41) is 5.50. The number of carbonyl (C=O) groups is 4. The van der Waals surface area contributed by atoms with Crippen molar-refractivity contribution in [3.8, 4) is 22.5 Å². The second kappa shape index (κ2) is 25.5. The third-order valence-electron chi connectivity index (χ3n) is 15.4. The molecule has 2 aromatic carbocycles. The van der Waals surface area contributed by atoms with Gasteiger partial charge in [0.05, 0.1) is 37.7 Å². The number of nitrogens with one attached hydrogen (secondary N) is 4. The van der Waals surface area contributed by atoms with E-state index in [-0.39, 0.29) is 35.7 Å². The number of aromatic amines is 2. The van der Waals surface area contributed by atoms with Gasteiger partial charge in [0.2, 0.25) is 11.8 Å². The Morgan fingerprint density at radius 1 is 0.676 bits per heavy atom. The molecule has 14 nitrogen and oxygen atoms in total.